The lowest BCUT2D eigenvalue weighted by atomic mass is 9.91. The summed E-state index contributed by atoms with van der Waals surface area (Å²) >= 11 is 0. The van der Waals surface area contributed by atoms with Crippen molar-refractivity contribution in [1.82, 2.24) is 19.9 Å². The first kappa shape index (κ1) is 25.1. The third-order valence-electron chi connectivity index (χ3n) is 7.11. The van der Waals surface area contributed by atoms with Gasteiger partial charge in [0.05, 0.1) is 23.1 Å². The molecule has 2 N–H and O–H groups in total. The van der Waals surface area contributed by atoms with Crippen molar-refractivity contribution in [2.45, 2.75) is 26.3 Å². The lowest BCUT2D eigenvalue weighted by molar-refractivity contribution is 0.357. The topological polar surface area (TPSA) is 106 Å². The van der Waals surface area contributed by atoms with E-state index in [0.717, 1.165) is 46.8 Å². The van der Waals surface area contributed by atoms with Crippen molar-refractivity contribution in [2.24, 2.45) is 5.92 Å². The van der Waals surface area contributed by atoms with Gasteiger partial charge in [0, 0.05) is 46.7 Å². The number of benzene rings is 2. The minimum Gasteiger partial charge on any atom is -0.357 e. The molecule has 1 fully saturated rings. The van der Waals surface area contributed by atoms with Crippen LogP contribution in [0.5, 0.6) is 5.75 Å². The van der Waals surface area contributed by atoms with Crippen LogP contribution in [0.25, 0.3) is 44.0 Å². The molecule has 8 nitrogen and oxygen atoms in total. The molecule has 6 rings (SSSR count). The molecule has 1 aliphatic rings. The molecule has 0 aliphatic carbocycles. The molecule has 10 heteroatoms. The lowest BCUT2D eigenvalue weighted by Gasteiger charge is -2.32. The van der Waals surface area contributed by atoms with Gasteiger partial charge in [-0.15, -0.1) is 6.42 Å². The Hall–Kier alpha value is -4.20. The number of hydrogen-bond donors (Lipinski definition) is 2. The van der Waals surface area contributed by atoms with E-state index in [1.54, 1.807) is 6.20 Å². The Labute approximate surface area is 224 Å². The van der Waals surface area contributed by atoms with E-state index in [-0.39, 0.29) is 23.1 Å². The number of hydrogen-bond acceptors (Lipinski definition) is 6. The molecule has 0 amide bonds. The average molecular weight is 545 g/mol. The van der Waals surface area contributed by atoms with Crippen LogP contribution in [0.2, 0.25) is 0 Å². The first-order valence-corrected chi connectivity index (χ1v) is 13.9. The number of halogens is 1. The third kappa shape index (κ3) is 4.43. The van der Waals surface area contributed by atoms with Gasteiger partial charge in [0.1, 0.15) is 5.65 Å². The standard InChI is InChI=1S/C29H25FN4O4S/c1-4-17-5-6-22-25(8-17)33-29-27(22)28(35)24-10-18(7-16(2)3)23(11-26(24)34(29)20-13-32-14-20)19-9-21(15-31-12-19)38-39(30,36)37/h1,5-6,8-12,15-16,20,32-33H,7,13-14H2,2-3H3. The van der Waals surface area contributed by atoms with Crippen LogP contribution in [0.15, 0.2) is 53.6 Å². The maximum atomic E-state index is 14.1. The van der Waals surface area contributed by atoms with Crippen LogP contribution in [0.3, 0.4) is 0 Å². The molecule has 2 aromatic carbocycles. The summed E-state index contributed by atoms with van der Waals surface area (Å²) in [6.07, 6.45) is 8.98. The van der Waals surface area contributed by atoms with Gasteiger partial charge >= 0.3 is 10.5 Å². The maximum Gasteiger partial charge on any atom is 0.488 e. The number of rotatable bonds is 6. The number of terminal acetylenes is 1. The number of nitrogens with one attached hydrogen (secondary N) is 2. The van der Waals surface area contributed by atoms with Crippen LogP contribution in [0, 0.1) is 18.3 Å². The largest absolute Gasteiger partial charge is 0.488 e. The van der Waals surface area contributed by atoms with Gasteiger partial charge in [0.25, 0.3) is 0 Å². The second-order valence-corrected chi connectivity index (χ2v) is 11.2. The number of fused-ring (bicyclic) bond motifs is 4. The van der Waals surface area contributed by atoms with E-state index < -0.39 is 10.5 Å². The second-order valence-electron chi connectivity index (χ2n) is 10.3. The smallest absolute Gasteiger partial charge is 0.357 e. The van der Waals surface area contributed by atoms with E-state index in [1.807, 2.05) is 30.3 Å². The zero-order valence-electron chi connectivity index (χ0n) is 21.3. The van der Waals surface area contributed by atoms with E-state index in [4.69, 9.17) is 6.42 Å². The summed E-state index contributed by atoms with van der Waals surface area (Å²) in [7, 11) is -5.21. The molecule has 5 aromatic rings. The number of nitrogens with zero attached hydrogens (tertiary/aromatic N) is 2. The Bertz CT molecular complexity index is 2000. The summed E-state index contributed by atoms with van der Waals surface area (Å²) in [6.45, 7) is 5.62. The third-order valence-corrected chi connectivity index (χ3v) is 7.50. The fourth-order valence-corrected chi connectivity index (χ4v) is 5.71. The Morgan fingerprint density at radius 1 is 1.18 bits per heavy atom. The van der Waals surface area contributed by atoms with Crippen LogP contribution in [0.1, 0.15) is 31.0 Å². The van der Waals surface area contributed by atoms with Crippen molar-refractivity contribution in [3.63, 3.8) is 0 Å². The molecular formula is C29H25FN4O4S. The van der Waals surface area contributed by atoms with Gasteiger partial charge < -0.3 is 19.1 Å². The Balaban J connectivity index is 1.69. The molecule has 0 saturated carbocycles. The van der Waals surface area contributed by atoms with Crippen molar-refractivity contribution in [3.8, 4) is 29.2 Å². The van der Waals surface area contributed by atoms with Crippen molar-refractivity contribution in [3.05, 3.63) is 70.1 Å². The number of pyridine rings is 2. The summed E-state index contributed by atoms with van der Waals surface area (Å²) in [5.74, 6) is 2.67. The van der Waals surface area contributed by atoms with Crippen LogP contribution >= 0.6 is 0 Å². The fraction of sp³-hybridized carbons (Fsp3) is 0.241. The highest BCUT2D eigenvalue weighted by molar-refractivity contribution is 7.81. The quantitative estimate of drug-likeness (QED) is 0.239. The Morgan fingerprint density at radius 2 is 1.97 bits per heavy atom. The number of H-pyrrole nitrogens is 1. The van der Waals surface area contributed by atoms with Crippen molar-refractivity contribution < 1.29 is 16.5 Å². The van der Waals surface area contributed by atoms with Gasteiger partial charge in [-0.2, -0.15) is 8.42 Å². The van der Waals surface area contributed by atoms with E-state index in [2.05, 4.69) is 43.8 Å². The molecular weight excluding hydrogens is 519 g/mol. The van der Waals surface area contributed by atoms with Crippen molar-refractivity contribution in [1.29, 1.82) is 0 Å². The highest BCUT2D eigenvalue weighted by Crippen LogP contribution is 2.36. The van der Waals surface area contributed by atoms with Gasteiger partial charge in [-0.1, -0.05) is 29.7 Å². The summed E-state index contributed by atoms with van der Waals surface area (Å²) in [5, 5.41) is 5.32. The minimum absolute atomic E-state index is 0.0847. The van der Waals surface area contributed by atoms with Gasteiger partial charge in [-0.25, -0.2) is 0 Å². The molecule has 0 atom stereocenters. The van der Waals surface area contributed by atoms with Gasteiger partial charge in [0.15, 0.2) is 11.2 Å². The van der Waals surface area contributed by atoms with E-state index in [0.29, 0.717) is 34.0 Å². The molecule has 1 aliphatic heterocycles. The fourth-order valence-electron chi connectivity index (χ4n) is 5.39. The zero-order chi connectivity index (χ0) is 27.5. The summed E-state index contributed by atoms with van der Waals surface area (Å²) < 4.78 is 42.0. The van der Waals surface area contributed by atoms with Crippen LogP contribution in [0.4, 0.5) is 3.89 Å². The second kappa shape index (κ2) is 9.22. The summed E-state index contributed by atoms with van der Waals surface area (Å²) in [4.78, 5) is 21.6. The van der Waals surface area contributed by atoms with Gasteiger partial charge in [0.2, 0.25) is 0 Å². The molecule has 39 heavy (non-hydrogen) atoms. The molecule has 0 unspecified atom stereocenters. The van der Waals surface area contributed by atoms with Crippen LogP contribution in [-0.2, 0) is 16.9 Å². The number of aromatic amines is 1. The van der Waals surface area contributed by atoms with E-state index >= 15 is 0 Å². The first-order valence-electron chi connectivity index (χ1n) is 12.6. The number of aromatic nitrogens is 3. The van der Waals surface area contributed by atoms with Crippen LogP contribution in [-0.4, -0.2) is 36.0 Å². The highest BCUT2D eigenvalue weighted by atomic mass is 32.3. The highest BCUT2D eigenvalue weighted by Gasteiger charge is 2.26. The molecule has 4 heterocycles. The predicted molar refractivity (Wildman–Crippen MR) is 150 cm³/mol. The zero-order valence-corrected chi connectivity index (χ0v) is 22.1. The molecule has 198 valence electrons. The van der Waals surface area contributed by atoms with E-state index in [1.165, 1.54) is 6.07 Å². The van der Waals surface area contributed by atoms with Gasteiger partial charge in [-0.05, 0) is 53.8 Å². The summed E-state index contributed by atoms with van der Waals surface area (Å²) in [5.41, 5.74) is 5.07. The average Bonchev–Trinajstić information content (AvgIpc) is 3.22. The monoisotopic (exact) mass is 544 g/mol. The molecule has 0 radical (unpaired) electrons. The van der Waals surface area contributed by atoms with E-state index in [9.17, 15) is 17.1 Å². The molecule has 0 spiro atoms. The first-order chi connectivity index (χ1) is 18.6. The molecule has 0 bridgehead atoms. The normalized spacial score (nSPS) is 14.2. The lowest BCUT2D eigenvalue weighted by Crippen LogP contribution is -2.44. The SMILES string of the molecule is C#Cc1ccc2c(c1)[nH]c1c2c(=O)c2cc(CC(C)C)c(-c3cncc(OS(=O)(=O)F)c3)cc2n1C1CNC1. The van der Waals surface area contributed by atoms with Crippen LogP contribution < -0.4 is 14.9 Å². The van der Waals surface area contributed by atoms with Crippen molar-refractivity contribution in [2.75, 3.05) is 13.1 Å². The van der Waals surface area contributed by atoms with Crippen molar-refractivity contribution >= 4 is 43.3 Å². The Morgan fingerprint density at radius 3 is 2.64 bits per heavy atom. The molecule has 1 saturated heterocycles. The minimum atomic E-state index is -5.21. The Kier molecular flexibility index (Phi) is 5.93. The summed E-state index contributed by atoms with van der Waals surface area (Å²) in [6, 6.07) is 11.0. The van der Waals surface area contributed by atoms with Gasteiger partial charge in [-0.3, -0.25) is 9.78 Å². The maximum absolute atomic E-state index is 14.1. The molecule has 3 aromatic heterocycles. The predicted octanol–water partition coefficient (Wildman–Crippen LogP) is 4.62.